The fourth-order valence-electron chi connectivity index (χ4n) is 3.85. The summed E-state index contributed by atoms with van der Waals surface area (Å²) in [5, 5.41) is 11.4. The summed E-state index contributed by atoms with van der Waals surface area (Å²) in [5.41, 5.74) is 1.25. The van der Waals surface area contributed by atoms with Gasteiger partial charge in [0.05, 0.1) is 17.7 Å². The number of carbonyl (C=O) groups is 2. The zero-order chi connectivity index (χ0) is 19.7. The van der Waals surface area contributed by atoms with Crippen molar-refractivity contribution in [3.05, 3.63) is 76.3 Å². The maximum absolute atomic E-state index is 12.9. The molecule has 2 unspecified atom stereocenters. The first-order chi connectivity index (χ1) is 13.6. The van der Waals surface area contributed by atoms with E-state index in [1.165, 1.54) is 4.90 Å². The van der Waals surface area contributed by atoms with Gasteiger partial charge in [-0.25, -0.2) is 0 Å². The molecule has 28 heavy (non-hydrogen) atoms. The van der Waals surface area contributed by atoms with Gasteiger partial charge in [-0.2, -0.15) is 0 Å². The molecule has 0 radical (unpaired) electrons. The van der Waals surface area contributed by atoms with Gasteiger partial charge >= 0.3 is 0 Å². The molecule has 4 rings (SSSR count). The molecule has 0 bridgehead atoms. The Morgan fingerprint density at radius 3 is 2.61 bits per heavy atom. The Hall–Kier alpha value is -2.63. The molecule has 2 atom stereocenters. The third kappa shape index (κ3) is 3.43. The molecule has 1 N–H and O–H groups in total. The minimum Gasteiger partial charge on any atom is -0.507 e. The monoisotopic (exact) mass is 397 g/mol. The number of hydrogen-bond acceptors (Lipinski definition) is 4. The topological polar surface area (TPSA) is 66.8 Å². The largest absolute Gasteiger partial charge is 0.507 e. The van der Waals surface area contributed by atoms with Crippen LogP contribution in [0.2, 0.25) is 5.02 Å². The Labute approximate surface area is 168 Å². The lowest BCUT2D eigenvalue weighted by molar-refractivity contribution is -0.140. The number of benzene rings is 2. The van der Waals surface area contributed by atoms with Crippen LogP contribution in [0.3, 0.4) is 0 Å². The molecular formula is C22H20ClNO4. The van der Waals surface area contributed by atoms with Gasteiger partial charge in [-0.05, 0) is 30.5 Å². The summed E-state index contributed by atoms with van der Waals surface area (Å²) in [6, 6.07) is 15.1. The van der Waals surface area contributed by atoms with Crippen LogP contribution in [0.25, 0.3) is 5.76 Å². The standard InChI is InChI=1S/C22H20ClNO4/c23-16-9-4-8-15(12-16)19-18(20(25)14-6-2-1-3-7-14)21(26)22(27)24(19)13-17-10-5-11-28-17/h1-4,6-9,12,17,19,25H,5,10-11,13H2/b20-18-. The van der Waals surface area contributed by atoms with Crippen LogP contribution < -0.4 is 0 Å². The van der Waals surface area contributed by atoms with Crippen LogP contribution in [-0.2, 0) is 14.3 Å². The number of aliphatic hydroxyl groups is 1. The van der Waals surface area contributed by atoms with E-state index in [1.54, 1.807) is 42.5 Å². The molecule has 2 fully saturated rings. The molecule has 0 aliphatic carbocycles. The molecule has 2 saturated heterocycles. The summed E-state index contributed by atoms with van der Waals surface area (Å²) in [5.74, 6) is -1.50. The van der Waals surface area contributed by atoms with Crippen molar-refractivity contribution in [2.45, 2.75) is 25.0 Å². The number of ketones is 1. The number of likely N-dealkylation sites (tertiary alicyclic amines) is 1. The molecule has 0 spiro atoms. The molecule has 2 aliphatic heterocycles. The van der Waals surface area contributed by atoms with Gasteiger partial charge in [0.15, 0.2) is 0 Å². The van der Waals surface area contributed by atoms with Crippen molar-refractivity contribution in [2.75, 3.05) is 13.2 Å². The van der Waals surface area contributed by atoms with Gasteiger partial charge in [0.2, 0.25) is 0 Å². The van der Waals surface area contributed by atoms with Gasteiger partial charge in [-0.1, -0.05) is 54.1 Å². The lowest BCUT2D eigenvalue weighted by Gasteiger charge is -2.27. The smallest absolute Gasteiger partial charge is 0.295 e. The van der Waals surface area contributed by atoms with Crippen molar-refractivity contribution >= 4 is 29.1 Å². The molecule has 2 aliphatic rings. The number of nitrogens with zero attached hydrogens (tertiary/aromatic N) is 1. The van der Waals surface area contributed by atoms with Gasteiger partial charge in [0.25, 0.3) is 11.7 Å². The molecule has 144 valence electrons. The van der Waals surface area contributed by atoms with Gasteiger partial charge in [0.1, 0.15) is 5.76 Å². The van der Waals surface area contributed by atoms with Crippen LogP contribution in [-0.4, -0.2) is 41.0 Å². The van der Waals surface area contributed by atoms with Crippen LogP contribution in [0.15, 0.2) is 60.2 Å². The maximum atomic E-state index is 12.9. The highest BCUT2D eigenvalue weighted by Gasteiger charge is 2.47. The molecule has 2 aromatic carbocycles. The van der Waals surface area contributed by atoms with Crippen molar-refractivity contribution in [3.63, 3.8) is 0 Å². The minimum absolute atomic E-state index is 0.0801. The predicted molar refractivity (Wildman–Crippen MR) is 106 cm³/mol. The number of Topliss-reactive ketones (excluding diaryl/α,β-unsaturated/α-hetero) is 1. The summed E-state index contributed by atoms with van der Waals surface area (Å²) in [4.78, 5) is 27.2. The number of amides is 1. The van der Waals surface area contributed by atoms with E-state index in [2.05, 4.69) is 0 Å². The van der Waals surface area contributed by atoms with E-state index in [4.69, 9.17) is 16.3 Å². The van der Waals surface area contributed by atoms with E-state index in [0.29, 0.717) is 29.3 Å². The number of ether oxygens (including phenoxy) is 1. The van der Waals surface area contributed by atoms with Crippen molar-refractivity contribution in [1.82, 2.24) is 4.90 Å². The highest BCUT2D eigenvalue weighted by atomic mass is 35.5. The van der Waals surface area contributed by atoms with Gasteiger partial charge in [-0.15, -0.1) is 0 Å². The number of rotatable bonds is 4. The summed E-state index contributed by atoms with van der Waals surface area (Å²) in [6.45, 7) is 0.952. The molecule has 5 nitrogen and oxygen atoms in total. The van der Waals surface area contributed by atoms with Gasteiger partial charge < -0.3 is 14.7 Å². The van der Waals surface area contributed by atoms with E-state index in [-0.39, 0.29) is 17.4 Å². The average Bonchev–Trinajstić information content (AvgIpc) is 3.30. The Kier molecular flexibility index (Phi) is 5.20. The number of aliphatic hydroxyl groups excluding tert-OH is 1. The second kappa shape index (κ2) is 7.78. The predicted octanol–water partition coefficient (Wildman–Crippen LogP) is 3.94. The number of carbonyl (C=O) groups excluding carboxylic acids is 2. The van der Waals surface area contributed by atoms with Crippen molar-refractivity contribution in [2.24, 2.45) is 0 Å². The lowest BCUT2D eigenvalue weighted by atomic mass is 9.95. The van der Waals surface area contributed by atoms with Crippen molar-refractivity contribution in [3.8, 4) is 0 Å². The second-order valence-corrected chi connectivity index (χ2v) is 7.44. The minimum atomic E-state index is -0.705. The zero-order valence-corrected chi connectivity index (χ0v) is 15.9. The summed E-state index contributed by atoms with van der Waals surface area (Å²) < 4.78 is 5.68. The first-order valence-corrected chi connectivity index (χ1v) is 9.65. The summed E-state index contributed by atoms with van der Waals surface area (Å²) >= 11 is 6.17. The number of halogens is 1. The van der Waals surface area contributed by atoms with Gasteiger partial charge in [0, 0.05) is 23.7 Å². The fraction of sp³-hybridized carbons (Fsp3) is 0.273. The van der Waals surface area contributed by atoms with Crippen molar-refractivity contribution in [1.29, 1.82) is 0 Å². The lowest BCUT2D eigenvalue weighted by Crippen LogP contribution is -2.36. The fourth-order valence-corrected chi connectivity index (χ4v) is 4.05. The van der Waals surface area contributed by atoms with Crippen LogP contribution in [0.4, 0.5) is 0 Å². The first-order valence-electron chi connectivity index (χ1n) is 9.27. The summed E-state index contributed by atoms with van der Waals surface area (Å²) in [7, 11) is 0. The molecule has 2 aromatic rings. The summed E-state index contributed by atoms with van der Waals surface area (Å²) in [6.07, 6.45) is 1.65. The zero-order valence-electron chi connectivity index (χ0n) is 15.2. The second-order valence-electron chi connectivity index (χ2n) is 7.01. The Bertz CT molecular complexity index is 935. The Balaban J connectivity index is 1.83. The van der Waals surface area contributed by atoms with Crippen LogP contribution in [0.1, 0.15) is 30.0 Å². The molecule has 0 aromatic heterocycles. The van der Waals surface area contributed by atoms with E-state index >= 15 is 0 Å². The van der Waals surface area contributed by atoms with Crippen molar-refractivity contribution < 1.29 is 19.4 Å². The highest BCUT2D eigenvalue weighted by Crippen LogP contribution is 2.40. The number of hydrogen-bond donors (Lipinski definition) is 1. The van der Waals surface area contributed by atoms with Crippen LogP contribution in [0.5, 0.6) is 0 Å². The third-order valence-corrected chi connectivity index (χ3v) is 5.41. The first kappa shape index (κ1) is 18.7. The maximum Gasteiger partial charge on any atom is 0.295 e. The van der Waals surface area contributed by atoms with E-state index in [9.17, 15) is 14.7 Å². The third-order valence-electron chi connectivity index (χ3n) is 5.18. The van der Waals surface area contributed by atoms with E-state index in [0.717, 1.165) is 12.8 Å². The molecule has 2 heterocycles. The normalized spacial score (nSPS) is 24.1. The average molecular weight is 398 g/mol. The molecule has 0 saturated carbocycles. The van der Waals surface area contributed by atoms with E-state index < -0.39 is 17.7 Å². The quantitative estimate of drug-likeness (QED) is 0.482. The van der Waals surface area contributed by atoms with Gasteiger partial charge in [-0.3, -0.25) is 9.59 Å². The van der Waals surface area contributed by atoms with E-state index in [1.807, 2.05) is 12.1 Å². The molecular weight excluding hydrogens is 378 g/mol. The SMILES string of the molecule is O=C1C(=O)N(CC2CCCO2)C(c2cccc(Cl)c2)/C1=C(/O)c1ccccc1. The molecule has 6 heteroatoms. The molecule has 1 amide bonds. The Morgan fingerprint density at radius 1 is 1.14 bits per heavy atom. The highest BCUT2D eigenvalue weighted by molar-refractivity contribution is 6.46. The van der Waals surface area contributed by atoms with Crippen LogP contribution >= 0.6 is 11.6 Å². The van der Waals surface area contributed by atoms with Crippen LogP contribution in [0, 0.1) is 0 Å². The Morgan fingerprint density at radius 2 is 1.93 bits per heavy atom.